The van der Waals surface area contributed by atoms with E-state index in [2.05, 4.69) is 20.2 Å². The number of carbonyl (C=O) groups is 2. The third-order valence-corrected chi connectivity index (χ3v) is 4.08. The Balaban J connectivity index is 1.86. The minimum Gasteiger partial charge on any atom is -0.465 e. The number of thioether (sulfide) groups is 1. The number of pyridine rings is 1. The number of hydrogen-bond donors (Lipinski definition) is 1. The lowest BCUT2D eigenvalue weighted by Gasteiger charge is -2.08. The first-order valence-electron chi connectivity index (χ1n) is 7.19. The molecule has 1 atom stereocenters. The molecule has 0 spiro atoms. The van der Waals surface area contributed by atoms with Gasteiger partial charge in [-0.1, -0.05) is 30.0 Å². The molecule has 1 aromatic carbocycles. The van der Waals surface area contributed by atoms with E-state index in [0.29, 0.717) is 5.56 Å². The summed E-state index contributed by atoms with van der Waals surface area (Å²) in [6, 6.07) is 12.2. The Labute approximate surface area is 144 Å². The van der Waals surface area contributed by atoms with Crippen molar-refractivity contribution in [2.45, 2.75) is 17.2 Å². The number of nitrogens with one attached hydrogen (secondary N) is 1. The molecule has 0 aliphatic heterocycles. The van der Waals surface area contributed by atoms with Crippen LogP contribution in [-0.4, -0.2) is 35.4 Å². The Morgan fingerprint density at radius 2 is 2.00 bits per heavy atom. The zero-order chi connectivity index (χ0) is 17.4. The molecule has 0 unspecified atom stereocenters. The summed E-state index contributed by atoms with van der Waals surface area (Å²) in [5.74, 6) is -0.611. The lowest BCUT2D eigenvalue weighted by molar-refractivity contribution is -0.120. The number of hydrogen-bond acceptors (Lipinski definition) is 6. The van der Waals surface area contributed by atoms with E-state index in [1.807, 2.05) is 18.2 Å². The van der Waals surface area contributed by atoms with Crippen LogP contribution in [0.15, 0.2) is 58.8 Å². The summed E-state index contributed by atoms with van der Waals surface area (Å²) in [5, 5.41) is 4.38. The number of benzene rings is 1. The zero-order valence-corrected chi connectivity index (χ0v) is 14.1. The number of rotatable bonds is 6. The zero-order valence-electron chi connectivity index (χ0n) is 13.3. The van der Waals surface area contributed by atoms with E-state index in [-0.39, 0.29) is 11.2 Å². The van der Waals surface area contributed by atoms with E-state index in [0.717, 1.165) is 10.6 Å². The van der Waals surface area contributed by atoms with Gasteiger partial charge in [0.15, 0.2) is 0 Å². The lowest BCUT2D eigenvalue weighted by Crippen LogP contribution is -2.26. The van der Waals surface area contributed by atoms with Gasteiger partial charge in [0.25, 0.3) is 5.91 Å². The molecular weight excluding hydrogens is 326 g/mol. The van der Waals surface area contributed by atoms with Gasteiger partial charge in [-0.2, -0.15) is 5.10 Å². The molecule has 24 heavy (non-hydrogen) atoms. The van der Waals surface area contributed by atoms with E-state index in [1.165, 1.54) is 25.1 Å². The molecule has 6 nitrogen and oxygen atoms in total. The van der Waals surface area contributed by atoms with Gasteiger partial charge in [-0.3, -0.25) is 4.79 Å². The molecule has 1 heterocycles. The van der Waals surface area contributed by atoms with E-state index in [9.17, 15) is 9.59 Å². The molecule has 1 aromatic heterocycles. The van der Waals surface area contributed by atoms with Crippen LogP contribution in [-0.2, 0) is 9.53 Å². The first-order chi connectivity index (χ1) is 11.6. The number of carbonyl (C=O) groups excluding carboxylic acids is 2. The second-order valence-corrected chi connectivity index (χ2v) is 6.14. The summed E-state index contributed by atoms with van der Waals surface area (Å²) in [4.78, 5) is 27.5. The van der Waals surface area contributed by atoms with Gasteiger partial charge >= 0.3 is 5.97 Å². The van der Waals surface area contributed by atoms with Crippen LogP contribution in [0, 0.1) is 0 Å². The highest BCUT2D eigenvalue weighted by Gasteiger charge is 2.14. The lowest BCUT2D eigenvalue weighted by atomic mass is 10.1. The highest BCUT2D eigenvalue weighted by molar-refractivity contribution is 8.00. The van der Waals surface area contributed by atoms with Crippen LogP contribution in [0.3, 0.4) is 0 Å². The molecule has 0 bridgehead atoms. The number of aromatic nitrogens is 1. The molecule has 2 rings (SSSR count). The van der Waals surface area contributed by atoms with Gasteiger partial charge in [-0.15, -0.1) is 0 Å². The Morgan fingerprint density at radius 3 is 2.62 bits per heavy atom. The van der Waals surface area contributed by atoms with Gasteiger partial charge in [0.1, 0.15) is 0 Å². The number of amides is 1. The maximum absolute atomic E-state index is 12.0. The molecule has 7 heteroatoms. The maximum Gasteiger partial charge on any atom is 0.337 e. The van der Waals surface area contributed by atoms with Crippen LogP contribution in [0.4, 0.5) is 0 Å². The molecule has 0 fully saturated rings. The van der Waals surface area contributed by atoms with Crippen LogP contribution >= 0.6 is 11.8 Å². The summed E-state index contributed by atoms with van der Waals surface area (Å²) in [7, 11) is 1.33. The van der Waals surface area contributed by atoms with Gasteiger partial charge in [-0.05, 0) is 36.8 Å². The second kappa shape index (κ2) is 8.83. The maximum atomic E-state index is 12.0. The van der Waals surface area contributed by atoms with Crippen LogP contribution in [0.25, 0.3) is 0 Å². The third kappa shape index (κ3) is 5.20. The number of hydrazone groups is 1. The SMILES string of the molecule is COC(=O)c1ccc(/C=N\NC(=O)[C@H](C)Sc2ccccn2)cc1. The Morgan fingerprint density at radius 1 is 1.25 bits per heavy atom. The Hall–Kier alpha value is -2.67. The van der Waals surface area contributed by atoms with Crippen molar-refractivity contribution in [2.75, 3.05) is 7.11 Å². The molecule has 0 aliphatic carbocycles. The quantitative estimate of drug-likeness (QED) is 0.377. The highest BCUT2D eigenvalue weighted by Crippen LogP contribution is 2.20. The van der Waals surface area contributed by atoms with Crippen molar-refractivity contribution in [3.05, 3.63) is 59.8 Å². The fraction of sp³-hybridized carbons (Fsp3) is 0.176. The van der Waals surface area contributed by atoms with Gasteiger partial charge in [-0.25, -0.2) is 15.2 Å². The van der Waals surface area contributed by atoms with E-state index >= 15 is 0 Å². The summed E-state index contributed by atoms with van der Waals surface area (Å²) < 4.78 is 4.63. The number of ether oxygens (including phenoxy) is 1. The fourth-order valence-electron chi connectivity index (χ4n) is 1.74. The van der Waals surface area contributed by atoms with Gasteiger partial charge in [0.05, 0.1) is 29.2 Å². The number of nitrogens with zero attached hydrogens (tertiary/aromatic N) is 2. The van der Waals surface area contributed by atoms with Crippen LogP contribution in [0.5, 0.6) is 0 Å². The van der Waals surface area contributed by atoms with Crippen molar-refractivity contribution < 1.29 is 14.3 Å². The summed E-state index contributed by atoms with van der Waals surface area (Å²) in [6.07, 6.45) is 3.19. The molecule has 2 aromatic rings. The minimum atomic E-state index is -0.396. The first-order valence-corrected chi connectivity index (χ1v) is 8.07. The largest absolute Gasteiger partial charge is 0.465 e. The molecule has 1 N–H and O–H groups in total. The predicted octanol–water partition coefficient (Wildman–Crippen LogP) is 2.50. The van der Waals surface area contributed by atoms with E-state index in [1.54, 1.807) is 37.4 Å². The number of esters is 1. The highest BCUT2D eigenvalue weighted by atomic mass is 32.2. The Bertz CT molecular complexity index is 718. The normalized spacial score (nSPS) is 11.9. The van der Waals surface area contributed by atoms with Crippen molar-refractivity contribution in [1.29, 1.82) is 0 Å². The van der Waals surface area contributed by atoms with Gasteiger partial charge in [0, 0.05) is 6.20 Å². The fourth-order valence-corrected chi connectivity index (χ4v) is 2.54. The average molecular weight is 343 g/mol. The summed E-state index contributed by atoms with van der Waals surface area (Å²) in [5.41, 5.74) is 3.70. The number of methoxy groups -OCH3 is 1. The second-order valence-electron chi connectivity index (χ2n) is 4.78. The smallest absolute Gasteiger partial charge is 0.337 e. The average Bonchev–Trinajstić information content (AvgIpc) is 2.62. The topological polar surface area (TPSA) is 80.6 Å². The van der Waals surface area contributed by atoms with Gasteiger partial charge in [0.2, 0.25) is 0 Å². The molecule has 0 saturated heterocycles. The van der Waals surface area contributed by atoms with Crippen LogP contribution < -0.4 is 5.43 Å². The van der Waals surface area contributed by atoms with Gasteiger partial charge < -0.3 is 4.74 Å². The van der Waals surface area contributed by atoms with Crippen molar-refractivity contribution in [3.8, 4) is 0 Å². The summed E-state index contributed by atoms with van der Waals surface area (Å²) >= 11 is 1.36. The van der Waals surface area contributed by atoms with E-state index < -0.39 is 5.97 Å². The molecule has 0 aliphatic rings. The van der Waals surface area contributed by atoms with Crippen molar-refractivity contribution >= 4 is 29.9 Å². The van der Waals surface area contributed by atoms with Crippen LogP contribution in [0.1, 0.15) is 22.8 Å². The van der Waals surface area contributed by atoms with Crippen molar-refractivity contribution in [3.63, 3.8) is 0 Å². The molecule has 0 saturated carbocycles. The van der Waals surface area contributed by atoms with E-state index in [4.69, 9.17) is 0 Å². The third-order valence-electron chi connectivity index (χ3n) is 3.02. The first kappa shape index (κ1) is 17.7. The summed E-state index contributed by atoms with van der Waals surface area (Å²) in [6.45, 7) is 1.79. The standard InChI is InChI=1S/C17H17N3O3S/c1-12(24-15-5-3-4-10-18-15)16(21)20-19-11-13-6-8-14(9-7-13)17(22)23-2/h3-12H,1-2H3,(H,20,21)/b19-11-/t12-/m0/s1. The monoisotopic (exact) mass is 343 g/mol. The van der Waals surface area contributed by atoms with Crippen molar-refractivity contribution in [2.24, 2.45) is 5.10 Å². The molecular formula is C17H17N3O3S. The molecule has 0 radical (unpaired) electrons. The minimum absolute atomic E-state index is 0.215. The van der Waals surface area contributed by atoms with Crippen molar-refractivity contribution in [1.82, 2.24) is 10.4 Å². The molecule has 124 valence electrons. The predicted molar refractivity (Wildman–Crippen MR) is 93.1 cm³/mol. The molecule has 1 amide bonds. The van der Waals surface area contributed by atoms with Crippen LogP contribution in [0.2, 0.25) is 0 Å². The Kier molecular flexibility index (Phi) is 6.51.